The van der Waals surface area contributed by atoms with Crippen LogP contribution in [0.1, 0.15) is 39.0 Å². The summed E-state index contributed by atoms with van der Waals surface area (Å²) in [4.78, 5) is 13.5. The van der Waals surface area contributed by atoms with Gasteiger partial charge < -0.3 is 15.4 Å². The van der Waals surface area contributed by atoms with Crippen molar-refractivity contribution in [1.29, 1.82) is 0 Å². The topological polar surface area (TPSA) is 55.6 Å². The van der Waals surface area contributed by atoms with E-state index in [2.05, 4.69) is 6.92 Å². The smallest absolute Gasteiger partial charge is 0.315 e. The second-order valence-electron chi connectivity index (χ2n) is 6.10. The van der Waals surface area contributed by atoms with E-state index in [9.17, 15) is 4.79 Å². The molecule has 0 aromatic heterocycles. The monoisotopic (exact) mass is 324 g/mol. The van der Waals surface area contributed by atoms with Crippen LogP contribution < -0.4 is 10.5 Å². The highest BCUT2D eigenvalue weighted by atomic mass is 35.5. The molecule has 0 heterocycles. The molecular formula is C17H25ClN2O2. The molecule has 0 aliphatic heterocycles. The molecule has 0 saturated heterocycles. The number of carbonyl (C=O) groups is 1. The van der Waals surface area contributed by atoms with Crippen molar-refractivity contribution in [2.45, 2.75) is 45.1 Å². The van der Waals surface area contributed by atoms with Gasteiger partial charge in [0.25, 0.3) is 0 Å². The zero-order valence-corrected chi connectivity index (χ0v) is 13.9. The maximum atomic E-state index is 11.7. The van der Waals surface area contributed by atoms with Crippen LogP contribution in [-0.2, 0) is 0 Å². The molecule has 0 unspecified atom stereocenters. The second kappa shape index (κ2) is 8.28. The van der Waals surface area contributed by atoms with Crippen molar-refractivity contribution in [2.75, 3.05) is 13.2 Å². The highest BCUT2D eigenvalue weighted by Crippen LogP contribution is 2.27. The molecule has 0 bridgehead atoms. The molecular weight excluding hydrogens is 300 g/mol. The summed E-state index contributed by atoms with van der Waals surface area (Å²) in [5.41, 5.74) is 5.54. The Morgan fingerprint density at radius 3 is 2.73 bits per heavy atom. The highest BCUT2D eigenvalue weighted by molar-refractivity contribution is 6.30. The number of halogens is 1. The molecule has 1 saturated carbocycles. The minimum atomic E-state index is -0.317. The van der Waals surface area contributed by atoms with Crippen LogP contribution >= 0.6 is 11.6 Å². The van der Waals surface area contributed by atoms with E-state index in [1.807, 2.05) is 23.1 Å². The van der Waals surface area contributed by atoms with E-state index in [1.54, 1.807) is 6.07 Å². The van der Waals surface area contributed by atoms with E-state index in [4.69, 9.17) is 22.1 Å². The number of urea groups is 1. The molecule has 1 aromatic rings. The first-order valence-corrected chi connectivity index (χ1v) is 8.38. The minimum Gasteiger partial charge on any atom is -0.493 e. The van der Waals surface area contributed by atoms with E-state index in [1.165, 1.54) is 12.8 Å². The van der Waals surface area contributed by atoms with Gasteiger partial charge in [-0.25, -0.2) is 4.79 Å². The number of nitrogens with two attached hydrogens (primary N) is 1. The van der Waals surface area contributed by atoms with Crippen molar-refractivity contribution in [3.8, 4) is 5.75 Å². The lowest BCUT2D eigenvalue weighted by Crippen LogP contribution is -2.45. The first-order chi connectivity index (χ1) is 10.6. The first kappa shape index (κ1) is 16.9. The van der Waals surface area contributed by atoms with Crippen molar-refractivity contribution in [2.24, 2.45) is 11.7 Å². The lowest BCUT2D eigenvalue weighted by atomic mass is 9.86. The van der Waals surface area contributed by atoms with Gasteiger partial charge in [0, 0.05) is 17.6 Å². The summed E-state index contributed by atoms with van der Waals surface area (Å²) in [5.74, 6) is 1.52. The molecule has 122 valence electrons. The average Bonchev–Trinajstić information content (AvgIpc) is 2.48. The number of hydrogen-bond donors (Lipinski definition) is 1. The lowest BCUT2D eigenvalue weighted by Gasteiger charge is -2.35. The van der Waals surface area contributed by atoms with Crippen LogP contribution in [0.2, 0.25) is 5.02 Å². The van der Waals surface area contributed by atoms with Gasteiger partial charge in [-0.15, -0.1) is 0 Å². The summed E-state index contributed by atoms with van der Waals surface area (Å²) >= 11 is 5.91. The summed E-state index contributed by atoms with van der Waals surface area (Å²) in [5, 5.41) is 0.660. The molecule has 4 nitrogen and oxygen atoms in total. The summed E-state index contributed by atoms with van der Waals surface area (Å²) in [6.07, 6.45) is 5.22. The van der Waals surface area contributed by atoms with Gasteiger partial charge in [0.15, 0.2) is 0 Å². The molecule has 1 aliphatic rings. The summed E-state index contributed by atoms with van der Waals surface area (Å²) < 4.78 is 5.66. The standard InChI is InChI=1S/C17H25ClN2O2/c1-13-6-8-15(9-7-13)20(17(19)21)10-3-11-22-16-5-2-4-14(18)12-16/h2,4-5,12-13,15H,3,6-11H2,1H3,(H2,19,21). The van der Waals surface area contributed by atoms with Gasteiger partial charge in [-0.1, -0.05) is 24.6 Å². The largest absolute Gasteiger partial charge is 0.493 e. The SMILES string of the molecule is CC1CCC(N(CCCOc2cccc(Cl)c2)C(N)=O)CC1. The van der Waals surface area contributed by atoms with Gasteiger partial charge in [0.1, 0.15) is 5.75 Å². The maximum Gasteiger partial charge on any atom is 0.315 e. The normalized spacial score (nSPS) is 21.4. The third kappa shape index (κ3) is 5.09. The number of rotatable bonds is 6. The van der Waals surface area contributed by atoms with Crippen LogP contribution in [0.3, 0.4) is 0 Å². The molecule has 1 aromatic carbocycles. The fraction of sp³-hybridized carbons (Fsp3) is 0.588. The molecule has 22 heavy (non-hydrogen) atoms. The molecule has 0 atom stereocenters. The zero-order valence-electron chi connectivity index (χ0n) is 13.1. The van der Waals surface area contributed by atoms with Gasteiger partial charge in [-0.2, -0.15) is 0 Å². The lowest BCUT2D eigenvalue weighted by molar-refractivity contribution is 0.146. The van der Waals surface area contributed by atoms with Gasteiger partial charge in [0.2, 0.25) is 0 Å². The Morgan fingerprint density at radius 2 is 2.09 bits per heavy atom. The number of primary amides is 1. The van der Waals surface area contributed by atoms with E-state index in [0.717, 1.165) is 30.9 Å². The van der Waals surface area contributed by atoms with Crippen LogP contribution in [0.15, 0.2) is 24.3 Å². The van der Waals surface area contributed by atoms with Crippen molar-refractivity contribution in [3.05, 3.63) is 29.3 Å². The van der Waals surface area contributed by atoms with Crippen molar-refractivity contribution >= 4 is 17.6 Å². The Labute approximate surface area is 137 Å². The number of ether oxygens (including phenoxy) is 1. The summed E-state index contributed by atoms with van der Waals surface area (Å²) in [6, 6.07) is 7.31. The van der Waals surface area contributed by atoms with Crippen molar-refractivity contribution in [3.63, 3.8) is 0 Å². The third-order valence-corrected chi connectivity index (χ3v) is 4.55. The van der Waals surface area contributed by atoms with Gasteiger partial charge in [-0.05, 0) is 56.2 Å². The van der Waals surface area contributed by atoms with Crippen molar-refractivity contribution < 1.29 is 9.53 Å². The maximum absolute atomic E-state index is 11.7. The Kier molecular flexibility index (Phi) is 6.37. The molecule has 0 spiro atoms. The highest BCUT2D eigenvalue weighted by Gasteiger charge is 2.25. The molecule has 2 amide bonds. The number of hydrogen-bond acceptors (Lipinski definition) is 2. The second-order valence-corrected chi connectivity index (χ2v) is 6.54. The number of carbonyl (C=O) groups excluding carboxylic acids is 1. The zero-order chi connectivity index (χ0) is 15.9. The Morgan fingerprint density at radius 1 is 1.36 bits per heavy atom. The van der Waals surface area contributed by atoms with Crippen LogP contribution in [0.4, 0.5) is 4.79 Å². The summed E-state index contributed by atoms with van der Waals surface area (Å²) in [6.45, 7) is 3.46. The third-order valence-electron chi connectivity index (χ3n) is 4.32. The van der Waals surface area contributed by atoms with E-state index >= 15 is 0 Å². The molecule has 0 radical (unpaired) electrons. The predicted molar refractivity (Wildman–Crippen MR) is 89.3 cm³/mol. The van der Waals surface area contributed by atoms with Crippen LogP contribution in [-0.4, -0.2) is 30.1 Å². The van der Waals surface area contributed by atoms with E-state index in [-0.39, 0.29) is 6.03 Å². The van der Waals surface area contributed by atoms with Gasteiger partial charge >= 0.3 is 6.03 Å². The Bertz CT molecular complexity index is 487. The quantitative estimate of drug-likeness (QED) is 0.802. The average molecular weight is 325 g/mol. The number of benzene rings is 1. The molecule has 1 fully saturated rings. The molecule has 2 N–H and O–H groups in total. The van der Waals surface area contributed by atoms with Gasteiger partial charge in [-0.3, -0.25) is 0 Å². The molecule has 1 aliphatic carbocycles. The van der Waals surface area contributed by atoms with Gasteiger partial charge in [0.05, 0.1) is 6.61 Å². The fourth-order valence-electron chi connectivity index (χ4n) is 3.01. The number of amides is 2. The first-order valence-electron chi connectivity index (χ1n) is 8.00. The van der Waals surface area contributed by atoms with E-state index in [0.29, 0.717) is 24.2 Å². The van der Waals surface area contributed by atoms with Crippen LogP contribution in [0.5, 0.6) is 5.75 Å². The Hall–Kier alpha value is -1.42. The number of nitrogens with zero attached hydrogens (tertiary/aromatic N) is 1. The Balaban J connectivity index is 1.76. The van der Waals surface area contributed by atoms with Crippen LogP contribution in [0.25, 0.3) is 0 Å². The summed E-state index contributed by atoms with van der Waals surface area (Å²) in [7, 11) is 0. The molecule has 2 rings (SSSR count). The molecule has 5 heteroatoms. The van der Waals surface area contributed by atoms with Crippen molar-refractivity contribution in [1.82, 2.24) is 4.90 Å². The van der Waals surface area contributed by atoms with Crippen LogP contribution in [0, 0.1) is 5.92 Å². The fourth-order valence-corrected chi connectivity index (χ4v) is 3.19. The minimum absolute atomic E-state index is 0.292. The van der Waals surface area contributed by atoms with E-state index < -0.39 is 0 Å². The predicted octanol–water partition coefficient (Wildman–Crippen LogP) is 4.07.